The number of benzene rings is 1. The van der Waals surface area contributed by atoms with Gasteiger partial charge in [-0.3, -0.25) is 0 Å². The van der Waals surface area contributed by atoms with Crippen LogP contribution in [0, 0.1) is 19.7 Å². The van der Waals surface area contributed by atoms with E-state index in [4.69, 9.17) is 5.11 Å². The van der Waals surface area contributed by atoms with Gasteiger partial charge < -0.3 is 5.11 Å². The molecule has 5 nitrogen and oxygen atoms in total. The van der Waals surface area contributed by atoms with E-state index in [1.54, 1.807) is 6.92 Å². The van der Waals surface area contributed by atoms with Crippen LogP contribution in [-0.2, 0) is 15.6 Å². The van der Waals surface area contributed by atoms with E-state index in [1.165, 1.54) is 24.5 Å². The van der Waals surface area contributed by atoms with Crippen molar-refractivity contribution < 1.29 is 22.7 Å². The molecule has 0 fully saturated rings. The number of carboxylic acids is 1. The molecule has 21 heavy (non-hydrogen) atoms. The summed E-state index contributed by atoms with van der Waals surface area (Å²) in [5.74, 6) is -2.71. The van der Waals surface area contributed by atoms with Crippen LogP contribution in [0.3, 0.4) is 0 Å². The highest BCUT2D eigenvalue weighted by Crippen LogP contribution is 2.24. The van der Waals surface area contributed by atoms with E-state index < -0.39 is 27.2 Å². The van der Waals surface area contributed by atoms with Gasteiger partial charge in [-0.1, -0.05) is 0 Å². The maximum atomic E-state index is 13.7. The number of nitrogens with zero attached hydrogens (tertiary/aromatic N) is 1. The quantitative estimate of drug-likeness (QED) is 0.872. The minimum atomic E-state index is -3.75. The summed E-state index contributed by atoms with van der Waals surface area (Å²) in [7, 11) is -3.75. The van der Waals surface area contributed by atoms with Gasteiger partial charge in [0, 0.05) is 11.1 Å². The number of aromatic carboxylic acids is 1. The first kappa shape index (κ1) is 15.6. The van der Waals surface area contributed by atoms with Gasteiger partial charge in [-0.2, -0.15) is 0 Å². The van der Waals surface area contributed by atoms with E-state index in [1.807, 2.05) is 0 Å². The standard InChI is InChI=1S/C13H12FNO4S2/c1-7-3-10(4-11(12(7)14)13(16)17)21(18,19)6-9-5-15-8(2)20-9/h3-5H,6H2,1-2H3,(H,16,17). The van der Waals surface area contributed by atoms with Crippen molar-refractivity contribution in [1.29, 1.82) is 0 Å². The molecule has 0 aliphatic carbocycles. The molecular weight excluding hydrogens is 317 g/mol. The van der Waals surface area contributed by atoms with Gasteiger partial charge in [0.1, 0.15) is 5.82 Å². The first-order valence-corrected chi connectivity index (χ1v) is 8.35. The first-order chi connectivity index (χ1) is 9.70. The average molecular weight is 329 g/mol. The summed E-state index contributed by atoms with van der Waals surface area (Å²) in [4.78, 5) is 15.3. The van der Waals surface area contributed by atoms with Crippen molar-refractivity contribution in [2.45, 2.75) is 24.5 Å². The molecule has 0 spiro atoms. The first-order valence-electron chi connectivity index (χ1n) is 5.88. The molecule has 0 atom stereocenters. The number of carboxylic acid groups (broad SMARTS) is 1. The summed E-state index contributed by atoms with van der Waals surface area (Å²) in [6.07, 6.45) is 1.46. The van der Waals surface area contributed by atoms with Crippen LogP contribution in [-0.4, -0.2) is 24.5 Å². The molecule has 2 rings (SSSR count). The van der Waals surface area contributed by atoms with E-state index in [0.717, 1.165) is 17.1 Å². The van der Waals surface area contributed by atoms with Crippen molar-refractivity contribution in [3.8, 4) is 0 Å². The molecule has 8 heteroatoms. The number of hydrogen-bond donors (Lipinski definition) is 1. The van der Waals surface area contributed by atoms with Gasteiger partial charge in [0.25, 0.3) is 0 Å². The molecule has 0 bridgehead atoms. The molecule has 1 aromatic heterocycles. The topological polar surface area (TPSA) is 84.3 Å². The Morgan fingerprint density at radius 2 is 2.05 bits per heavy atom. The maximum absolute atomic E-state index is 13.7. The van der Waals surface area contributed by atoms with E-state index in [9.17, 15) is 17.6 Å². The van der Waals surface area contributed by atoms with Crippen LogP contribution in [0.4, 0.5) is 4.39 Å². The largest absolute Gasteiger partial charge is 0.478 e. The lowest BCUT2D eigenvalue weighted by Gasteiger charge is -2.07. The zero-order valence-corrected chi connectivity index (χ0v) is 12.9. The van der Waals surface area contributed by atoms with E-state index in [2.05, 4.69) is 4.98 Å². The third kappa shape index (κ3) is 3.27. The van der Waals surface area contributed by atoms with Crippen LogP contribution < -0.4 is 0 Å². The number of rotatable bonds is 4. The summed E-state index contributed by atoms with van der Waals surface area (Å²) in [6.45, 7) is 3.09. The van der Waals surface area contributed by atoms with Crippen LogP contribution in [0.5, 0.6) is 0 Å². The van der Waals surface area contributed by atoms with Gasteiger partial charge in [-0.15, -0.1) is 11.3 Å². The van der Waals surface area contributed by atoms with E-state index in [0.29, 0.717) is 4.88 Å². The van der Waals surface area contributed by atoms with Crippen LogP contribution in [0.25, 0.3) is 0 Å². The van der Waals surface area contributed by atoms with Crippen LogP contribution in [0.1, 0.15) is 25.8 Å². The molecule has 0 saturated carbocycles. The Morgan fingerprint density at radius 1 is 1.38 bits per heavy atom. The van der Waals surface area contributed by atoms with Crippen molar-refractivity contribution in [2.24, 2.45) is 0 Å². The highest BCUT2D eigenvalue weighted by molar-refractivity contribution is 7.90. The number of halogens is 1. The predicted molar refractivity (Wildman–Crippen MR) is 75.8 cm³/mol. The maximum Gasteiger partial charge on any atom is 0.338 e. The fourth-order valence-electron chi connectivity index (χ4n) is 1.81. The van der Waals surface area contributed by atoms with Crippen LogP contribution >= 0.6 is 11.3 Å². The fraction of sp³-hybridized carbons (Fsp3) is 0.231. The molecule has 0 amide bonds. The zero-order valence-electron chi connectivity index (χ0n) is 11.3. The minimum absolute atomic E-state index is 0.0195. The van der Waals surface area contributed by atoms with Crippen LogP contribution in [0.2, 0.25) is 0 Å². The Bertz CT molecular complexity index is 812. The highest BCUT2D eigenvalue weighted by atomic mass is 32.2. The second-order valence-corrected chi connectivity index (χ2v) is 7.82. The van der Waals surface area contributed by atoms with Gasteiger partial charge in [0.2, 0.25) is 0 Å². The van der Waals surface area contributed by atoms with Gasteiger partial charge in [0.15, 0.2) is 9.84 Å². The lowest BCUT2D eigenvalue weighted by atomic mass is 10.1. The molecule has 112 valence electrons. The molecular formula is C13H12FNO4S2. The molecule has 1 N–H and O–H groups in total. The van der Waals surface area contributed by atoms with Crippen molar-refractivity contribution in [3.63, 3.8) is 0 Å². The number of carbonyl (C=O) groups is 1. The van der Waals surface area contributed by atoms with Gasteiger partial charge in [-0.25, -0.2) is 22.6 Å². The Kier molecular flexibility index (Phi) is 4.11. The predicted octanol–water partition coefficient (Wildman–Crippen LogP) is 2.57. The molecule has 1 heterocycles. The van der Waals surface area contributed by atoms with Crippen molar-refractivity contribution in [3.05, 3.63) is 45.2 Å². The van der Waals surface area contributed by atoms with Gasteiger partial charge in [-0.05, 0) is 31.5 Å². The average Bonchev–Trinajstić information content (AvgIpc) is 2.76. The Morgan fingerprint density at radius 3 is 2.57 bits per heavy atom. The number of hydrogen-bond acceptors (Lipinski definition) is 5. The smallest absolute Gasteiger partial charge is 0.338 e. The molecule has 0 saturated heterocycles. The minimum Gasteiger partial charge on any atom is -0.478 e. The molecule has 0 radical (unpaired) electrons. The Labute approximate surface area is 125 Å². The van der Waals surface area contributed by atoms with Crippen LogP contribution in [0.15, 0.2) is 23.2 Å². The molecule has 0 unspecified atom stereocenters. The monoisotopic (exact) mass is 329 g/mol. The molecule has 2 aromatic rings. The lowest BCUT2D eigenvalue weighted by molar-refractivity contribution is 0.0691. The summed E-state index contributed by atoms with van der Waals surface area (Å²) < 4.78 is 38.3. The zero-order chi connectivity index (χ0) is 15.8. The SMILES string of the molecule is Cc1ncc(CS(=O)(=O)c2cc(C)c(F)c(C(=O)O)c2)s1. The van der Waals surface area contributed by atoms with Crippen molar-refractivity contribution in [1.82, 2.24) is 4.98 Å². The fourth-order valence-corrected chi connectivity index (χ4v) is 4.38. The van der Waals surface area contributed by atoms with E-state index >= 15 is 0 Å². The number of sulfone groups is 1. The third-order valence-corrected chi connectivity index (χ3v) is 5.56. The normalized spacial score (nSPS) is 11.6. The molecule has 0 aliphatic heterocycles. The third-order valence-electron chi connectivity index (χ3n) is 2.82. The Hall–Kier alpha value is -1.80. The second-order valence-electron chi connectivity index (χ2n) is 4.51. The highest BCUT2D eigenvalue weighted by Gasteiger charge is 2.22. The van der Waals surface area contributed by atoms with Crippen molar-refractivity contribution >= 4 is 27.1 Å². The number of aryl methyl sites for hydroxylation is 2. The second kappa shape index (κ2) is 5.53. The Balaban J connectivity index is 2.47. The summed E-state index contributed by atoms with van der Waals surface area (Å²) >= 11 is 1.25. The molecule has 1 aromatic carbocycles. The molecule has 0 aliphatic rings. The van der Waals surface area contributed by atoms with Gasteiger partial charge in [0.05, 0.1) is 21.2 Å². The number of thiazole rings is 1. The summed E-state index contributed by atoms with van der Waals surface area (Å²) in [5, 5.41) is 9.67. The van der Waals surface area contributed by atoms with Gasteiger partial charge >= 0.3 is 5.97 Å². The number of aromatic nitrogens is 1. The van der Waals surface area contributed by atoms with Crippen molar-refractivity contribution in [2.75, 3.05) is 0 Å². The lowest BCUT2D eigenvalue weighted by Crippen LogP contribution is -2.09. The summed E-state index contributed by atoms with van der Waals surface area (Å²) in [6, 6.07) is 2.00. The van der Waals surface area contributed by atoms with E-state index in [-0.39, 0.29) is 16.2 Å². The summed E-state index contributed by atoms with van der Waals surface area (Å²) in [5.41, 5.74) is -0.664.